The van der Waals surface area contributed by atoms with Crippen LogP contribution in [0.2, 0.25) is 0 Å². The Bertz CT molecular complexity index is 806. The highest BCUT2D eigenvalue weighted by molar-refractivity contribution is 7.14. The first kappa shape index (κ1) is 22.6. The summed E-state index contributed by atoms with van der Waals surface area (Å²) in [5.74, 6) is 0. The Kier molecular flexibility index (Phi) is 7.77. The zero-order valence-electron chi connectivity index (χ0n) is 18.3. The van der Waals surface area contributed by atoms with Crippen LogP contribution >= 0.6 is 11.3 Å². The molecule has 0 bridgehead atoms. The molecule has 2 unspecified atom stereocenters. The van der Waals surface area contributed by atoms with Crippen molar-refractivity contribution in [2.45, 2.75) is 72.1 Å². The number of aromatic nitrogens is 3. The van der Waals surface area contributed by atoms with Crippen molar-refractivity contribution >= 4 is 17.4 Å². The number of unbranched alkanes of at least 4 members (excludes halogenated alkanes) is 1. The molecule has 0 N–H and O–H groups in total. The predicted molar refractivity (Wildman–Crippen MR) is 117 cm³/mol. The lowest BCUT2D eigenvalue weighted by Crippen LogP contribution is -2.53. The summed E-state index contributed by atoms with van der Waals surface area (Å²) in [4.78, 5) is 18.5. The van der Waals surface area contributed by atoms with Gasteiger partial charge in [-0.15, -0.1) is 10.2 Å². The van der Waals surface area contributed by atoms with Crippen LogP contribution in [-0.2, 0) is 16.1 Å². The fraction of sp³-hybridized carbons (Fsp3) is 0.636. The van der Waals surface area contributed by atoms with E-state index in [1.807, 2.05) is 17.0 Å². The molecule has 1 aliphatic heterocycles. The number of nitrogens with zero attached hydrogens (tertiary/aromatic N) is 4. The van der Waals surface area contributed by atoms with Crippen LogP contribution in [0.15, 0.2) is 24.5 Å². The fourth-order valence-corrected chi connectivity index (χ4v) is 4.39. The number of pyridine rings is 1. The first-order valence-electron chi connectivity index (χ1n) is 10.7. The summed E-state index contributed by atoms with van der Waals surface area (Å²) in [6, 6.07) is 3.93. The van der Waals surface area contributed by atoms with Gasteiger partial charge in [-0.2, -0.15) is 0 Å². The van der Waals surface area contributed by atoms with E-state index in [0.29, 0.717) is 19.8 Å². The van der Waals surface area contributed by atoms with Gasteiger partial charge in [-0.3, -0.25) is 4.98 Å². The molecular weight excluding hydrogens is 400 g/mol. The minimum absolute atomic E-state index is 0.0525. The number of rotatable bonds is 7. The number of likely N-dealkylation sites (tertiary alicyclic amines) is 1. The van der Waals surface area contributed by atoms with Gasteiger partial charge in [0.25, 0.3) is 0 Å². The van der Waals surface area contributed by atoms with Gasteiger partial charge in [0.05, 0.1) is 12.7 Å². The lowest BCUT2D eigenvalue weighted by Gasteiger charge is -2.45. The highest BCUT2D eigenvalue weighted by Gasteiger charge is 2.39. The molecule has 1 aliphatic rings. The molecule has 0 aromatic carbocycles. The Morgan fingerprint density at radius 2 is 2.03 bits per heavy atom. The van der Waals surface area contributed by atoms with Crippen LogP contribution in [0.5, 0.6) is 0 Å². The maximum Gasteiger partial charge on any atom is 0.410 e. The SMILES string of the molecule is CCCCOC(=O)N1CCC(OCc2nnc(-c3ccncc3)s2)CC1C(C)(C)C. The maximum atomic E-state index is 12.6. The molecule has 7 nitrogen and oxygen atoms in total. The molecule has 164 valence electrons. The zero-order valence-corrected chi connectivity index (χ0v) is 19.2. The lowest BCUT2D eigenvalue weighted by atomic mass is 9.80. The van der Waals surface area contributed by atoms with Gasteiger partial charge in [0, 0.05) is 30.5 Å². The first-order chi connectivity index (χ1) is 14.4. The van der Waals surface area contributed by atoms with Crippen molar-refractivity contribution < 1.29 is 14.3 Å². The van der Waals surface area contributed by atoms with Crippen LogP contribution in [0.3, 0.4) is 0 Å². The van der Waals surface area contributed by atoms with E-state index >= 15 is 0 Å². The molecule has 0 radical (unpaired) electrons. The van der Waals surface area contributed by atoms with E-state index in [1.54, 1.807) is 12.4 Å². The zero-order chi connectivity index (χ0) is 21.6. The third kappa shape index (κ3) is 5.98. The van der Waals surface area contributed by atoms with Gasteiger partial charge < -0.3 is 14.4 Å². The number of carbonyl (C=O) groups excluding carboxylic acids is 1. The average Bonchev–Trinajstić information content (AvgIpc) is 3.21. The topological polar surface area (TPSA) is 77.4 Å². The van der Waals surface area contributed by atoms with E-state index in [0.717, 1.165) is 41.3 Å². The summed E-state index contributed by atoms with van der Waals surface area (Å²) >= 11 is 1.54. The summed E-state index contributed by atoms with van der Waals surface area (Å²) in [5, 5.41) is 10.3. The molecule has 1 saturated heterocycles. The van der Waals surface area contributed by atoms with E-state index in [9.17, 15) is 4.79 Å². The molecule has 0 saturated carbocycles. The quantitative estimate of drug-likeness (QED) is 0.577. The first-order valence-corrected chi connectivity index (χ1v) is 11.5. The van der Waals surface area contributed by atoms with Crippen LogP contribution in [-0.4, -0.2) is 51.5 Å². The smallest absolute Gasteiger partial charge is 0.410 e. The van der Waals surface area contributed by atoms with Crippen molar-refractivity contribution in [1.29, 1.82) is 0 Å². The Labute approximate surface area is 182 Å². The van der Waals surface area contributed by atoms with Gasteiger partial charge in [0.1, 0.15) is 16.6 Å². The van der Waals surface area contributed by atoms with Gasteiger partial charge in [-0.25, -0.2) is 4.79 Å². The minimum Gasteiger partial charge on any atom is -0.449 e. The molecule has 2 aromatic rings. The van der Waals surface area contributed by atoms with Crippen LogP contribution in [0, 0.1) is 5.41 Å². The third-order valence-electron chi connectivity index (χ3n) is 5.35. The maximum absolute atomic E-state index is 12.6. The monoisotopic (exact) mass is 432 g/mol. The Hall–Kier alpha value is -2.06. The van der Waals surface area contributed by atoms with Crippen molar-refractivity contribution in [3.05, 3.63) is 29.5 Å². The van der Waals surface area contributed by atoms with Gasteiger partial charge in [-0.05, 0) is 36.8 Å². The van der Waals surface area contributed by atoms with E-state index in [2.05, 4.69) is 42.9 Å². The average molecular weight is 433 g/mol. The molecule has 0 spiro atoms. The van der Waals surface area contributed by atoms with Crippen molar-refractivity contribution in [1.82, 2.24) is 20.1 Å². The molecule has 3 heterocycles. The lowest BCUT2D eigenvalue weighted by molar-refractivity contribution is -0.0457. The number of carbonyl (C=O) groups is 1. The van der Waals surface area contributed by atoms with Crippen LogP contribution in [0.1, 0.15) is 58.4 Å². The summed E-state index contributed by atoms with van der Waals surface area (Å²) in [7, 11) is 0. The molecule has 2 aromatic heterocycles. The molecule has 30 heavy (non-hydrogen) atoms. The molecule has 1 amide bonds. The predicted octanol–water partition coefficient (Wildman–Crippen LogP) is 4.93. The second-order valence-electron chi connectivity index (χ2n) is 8.74. The number of hydrogen-bond donors (Lipinski definition) is 0. The Morgan fingerprint density at radius 3 is 2.73 bits per heavy atom. The van der Waals surface area contributed by atoms with Gasteiger partial charge >= 0.3 is 6.09 Å². The number of piperidine rings is 1. The van der Waals surface area contributed by atoms with E-state index < -0.39 is 0 Å². The Balaban J connectivity index is 1.57. The van der Waals surface area contributed by atoms with Crippen molar-refractivity contribution in [3.8, 4) is 10.6 Å². The molecule has 1 fully saturated rings. The molecular formula is C22H32N4O3S. The third-order valence-corrected chi connectivity index (χ3v) is 6.29. The standard InChI is InChI=1S/C22H32N4O3S/c1-5-6-13-28-21(27)26-12-9-17(14-18(26)22(2,3)4)29-15-19-24-25-20(30-19)16-7-10-23-11-8-16/h7-8,10-11,17-18H,5-6,9,12-15H2,1-4H3. The summed E-state index contributed by atoms with van der Waals surface area (Å²) in [6.45, 7) is 10.2. The highest BCUT2D eigenvalue weighted by atomic mass is 32.1. The van der Waals surface area contributed by atoms with Crippen LogP contribution < -0.4 is 0 Å². The summed E-state index contributed by atoms with van der Waals surface area (Å²) in [5.41, 5.74) is 0.958. The summed E-state index contributed by atoms with van der Waals surface area (Å²) < 4.78 is 11.7. The van der Waals surface area contributed by atoms with Crippen molar-refractivity contribution in [2.75, 3.05) is 13.2 Å². The van der Waals surface area contributed by atoms with E-state index in [4.69, 9.17) is 9.47 Å². The van der Waals surface area contributed by atoms with Crippen LogP contribution in [0.4, 0.5) is 4.79 Å². The van der Waals surface area contributed by atoms with Crippen molar-refractivity contribution in [3.63, 3.8) is 0 Å². The molecule has 8 heteroatoms. The molecule has 3 rings (SSSR count). The van der Waals surface area contributed by atoms with Crippen LogP contribution in [0.25, 0.3) is 10.6 Å². The van der Waals surface area contributed by atoms with E-state index in [1.165, 1.54) is 11.3 Å². The van der Waals surface area contributed by atoms with Gasteiger partial charge in [-0.1, -0.05) is 45.5 Å². The second-order valence-corrected chi connectivity index (χ2v) is 9.80. The number of amides is 1. The minimum atomic E-state index is -0.201. The summed E-state index contributed by atoms with van der Waals surface area (Å²) in [6.07, 6.45) is 6.89. The molecule has 2 atom stereocenters. The largest absolute Gasteiger partial charge is 0.449 e. The molecule has 0 aliphatic carbocycles. The van der Waals surface area contributed by atoms with Gasteiger partial charge in [0.15, 0.2) is 0 Å². The Morgan fingerprint density at radius 1 is 1.27 bits per heavy atom. The second kappa shape index (κ2) is 10.3. The normalized spacial score (nSPS) is 19.7. The van der Waals surface area contributed by atoms with Gasteiger partial charge in [0.2, 0.25) is 0 Å². The van der Waals surface area contributed by atoms with E-state index in [-0.39, 0.29) is 23.7 Å². The fourth-order valence-electron chi connectivity index (χ4n) is 3.62. The van der Waals surface area contributed by atoms with Crippen molar-refractivity contribution in [2.24, 2.45) is 5.41 Å². The highest BCUT2D eigenvalue weighted by Crippen LogP contribution is 2.34. The number of hydrogen-bond acceptors (Lipinski definition) is 7. The number of ether oxygens (including phenoxy) is 2.